The molecule has 0 spiro atoms. The van der Waals surface area contributed by atoms with Crippen LogP contribution < -0.4 is 11.1 Å². The summed E-state index contributed by atoms with van der Waals surface area (Å²) in [6.45, 7) is 2.64. The average molecular weight is 265 g/mol. The van der Waals surface area contributed by atoms with E-state index in [4.69, 9.17) is 5.73 Å². The maximum atomic E-state index is 5.76. The number of nitrogen functional groups attached to an aromatic ring is 1. The molecule has 5 heteroatoms. The zero-order valence-electron chi connectivity index (χ0n) is 11.2. The van der Waals surface area contributed by atoms with Crippen LogP contribution in [0, 0.1) is 6.92 Å². The van der Waals surface area contributed by atoms with Gasteiger partial charge in [0.1, 0.15) is 12.1 Å². The maximum Gasteiger partial charge on any atom is 0.137 e. The van der Waals surface area contributed by atoms with E-state index in [1.807, 2.05) is 37.4 Å². The molecule has 0 saturated carbocycles. The fourth-order valence-corrected chi connectivity index (χ4v) is 2.00. The highest BCUT2D eigenvalue weighted by atomic mass is 15.0. The monoisotopic (exact) mass is 265 g/mol. The summed E-state index contributed by atoms with van der Waals surface area (Å²) < 4.78 is 0. The third-order valence-corrected chi connectivity index (χ3v) is 3.09. The lowest BCUT2D eigenvalue weighted by molar-refractivity contribution is 1.06. The molecular weight excluding hydrogens is 250 g/mol. The van der Waals surface area contributed by atoms with Gasteiger partial charge in [-0.2, -0.15) is 0 Å². The Morgan fingerprint density at radius 3 is 2.80 bits per heavy atom. The molecule has 0 amide bonds. The molecule has 0 atom stereocenters. The van der Waals surface area contributed by atoms with Crippen molar-refractivity contribution in [1.82, 2.24) is 15.0 Å². The van der Waals surface area contributed by atoms with Gasteiger partial charge in [0, 0.05) is 29.5 Å². The lowest BCUT2D eigenvalue weighted by Crippen LogP contribution is -2.03. The van der Waals surface area contributed by atoms with Gasteiger partial charge in [-0.05, 0) is 36.8 Å². The standard InChI is InChI=1S/C15H15N5/c1-10-2-3-11(7-17-10)8-18-15-13-5-4-12(16)6-14(13)19-9-20-15/h2-7,9H,8,16H2,1H3,(H,18,19,20). The van der Waals surface area contributed by atoms with E-state index in [1.54, 1.807) is 0 Å². The number of nitrogens with two attached hydrogens (primary N) is 1. The second-order valence-electron chi connectivity index (χ2n) is 4.66. The molecule has 0 radical (unpaired) electrons. The number of hydrogen-bond acceptors (Lipinski definition) is 5. The number of aromatic nitrogens is 3. The van der Waals surface area contributed by atoms with Crippen LogP contribution in [0.25, 0.3) is 10.9 Å². The van der Waals surface area contributed by atoms with E-state index < -0.39 is 0 Å². The van der Waals surface area contributed by atoms with Gasteiger partial charge in [0.25, 0.3) is 0 Å². The first-order valence-corrected chi connectivity index (χ1v) is 6.38. The third kappa shape index (κ3) is 2.51. The Kier molecular flexibility index (Phi) is 3.16. The van der Waals surface area contributed by atoms with Gasteiger partial charge in [0.05, 0.1) is 5.52 Å². The number of benzene rings is 1. The summed E-state index contributed by atoms with van der Waals surface area (Å²) in [5.74, 6) is 0.801. The Labute approximate surface area is 116 Å². The predicted molar refractivity (Wildman–Crippen MR) is 80.3 cm³/mol. The molecule has 0 aliphatic carbocycles. The van der Waals surface area contributed by atoms with Gasteiger partial charge in [0.2, 0.25) is 0 Å². The van der Waals surface area contributed by atoms with Crippen molar-refractivity contribution in [1.29, 1.82) is 0 Å². The largest absolute Gasteiger partial charge is 0.399 e. The molecule has 100 valence electrons. The van der Waals surface area contributed by atoms with E-state index in [0.29, 0.717) is 12.2 Å². The summed E-state index contributed by atoms with van der Waals surface area (Å²) in [4.78, 5) is 12.8. The molecule has 3 aromatic rings. The van der Waals surface area contributed by atoms with Gasteiger partial charge >= 0.3 is 0 Å². The van der Waals surface area contributed by atoms with Gasteiger partial charge < -0.3 is 11.1 Å². The lowest BCUT2D eigenvalue weighted by atomic mass is 10.2. The van der Waals surface area contributed by atoms with Gasteiger partial charge in [-0.3, -0.25) is 4.98 Å². The Balaban J connectivity index is 1.85. The second-order valence-corrected chi connectivity index (χ2v) is 4.66. The number of anilines is 2. The first-order valence-electron chi connectivity index (χ1n) is 6.38. The van der Waals surface area contributed by atoms with Crippen molar-refractivity contribution in [2.75, 3.05) is 11.1 Å². The summed E-state index contributed by atoms with van der Waals surface area (Å²) in [5, 5.41) is 4.27. The molecule has 5 nitrogen and oxygen atoms in total. The lowest BCUT2D eigenvalue weighted by Gasteiger charge is -2.08. The summed E-state index contributed by atoms with van der Waals surface area (Å²) in [7, 11) is 0. The minimum Gasteiger partial charge on any atom is -0.399 e. The van der Waals surface area contributed by atoms with Gasteiger partial charge in [-0.25, -0.2) is 9.97 Å². The van der Waals surface area contributed by atoms with Crippen LogP contribution in [0.4, 0.5) is 11.5 Å². The van der Waals surface area contributed by atoms with Crippen LogP contribution in [0.15, 0.2) is 42.9 Å². The molecule has 3 N–H and O–H groups in total. The number of pyridine rings is 1. The van der Waals surface area contributed by atoms with Gasteiger partial charge in [0.15, 0.2) is 0 Å². The SMILES string of the molecule is Cc1ccc(CNc2ncnc3cc(N)ccc23)cn1. The topological polar surface area (TPSA) is 76.7 Å². The molecule has 0 aliphatic rings. The molecule has 20 heavy (non-hydrogen) atoms. The van der Waals surface area contributed by atoms with Crippen molar-refractivity contribution >= 4 is 22.4 Å². The van der Waals surface area contributed by atoms with Crippen molar-refractivity contribution in [3.8, 4) is 0 Å². The van der Waals surface area contributed by atoms with Gasteiger partial charge in [-0.1, -0.05) is 6.07 Å². The predicted octanol–water partition coefficient (Wildman–Crippen LogP) is 2.53. The highest BCUT2D eigenvalue weighted by molar-refractivity contribution is 5.90. The second kappa shape index (κ2) is 5.13. The molecular formula is C15H15N5. The summed E-state index contributed by atoms with van der Waals surface area (Å²) in [5.41, 5.74) is 9.42. The Bertz CT molecular complexity index is 737. The van der Waals surface area contributed by atoms with Crippen LogP contribution in [-0.4, -0.2) is 15.0 Å². The zero-order valence-corrected chi connectivity index (χ0v) is 11.2. The average Bonchev–Trinajstić information content (AvgIpc) is 2.46. The zero-order chi connectivity index (χ0) is 13.9. The summed E-state index contributed by atoms with van der Waals surface area (Å²) in [6.07, 6.45) is 3.40. The van der Waals surface area contributed by atoms with Crippen LogP contribution in [0.2, 0.25) is 0 Å². The van der Waals surface area contributed by atoms with Crippen LogP contribution in [0.3, 0.4) is 0 Å². The van der Waals surface area contributed by atoms with E-state index >= 15 is 0 Å². The number of aryl methyl sites for hydroxylation is 1. The number of fused-ring (bicyclic) bond motifs is 1. The van der Waals surface area contributed by atoms with Crippen molar-refractivity contribution in [3.63, 3.8) is 0 Å². The molecule has 0 bridgehead atoms. The first-order chi connectivity index (χ1) is 9.72. The van der Waals surface area contributed by atoms with E-state index in [9.17, 15) is 0 Å². The van der Waals surface area contributed by atoms with Crippen molar-refractivity contribution < 1.29 is 0 Å². The quantitative estimate of drug-likeness (QED) is 0.712. The molecule has 1 aromatic carbocycles. The normalized spacial score (nSPS) is 10.7. The minimum absolute atomic E-state index is 0.670. The smallest absolute Gasteiger partial charge is 0.137 e. The number of nitrogens with one attached hydrogen (secondary N) is 1. The number of rotatable bonds is 3. The molecule has 0 unspecified atom stereocenters. The number of hydrogen-bond donors (Lipinski definition) is 2. The van der Waals surface area contributed by atoms with Crippen LogP contribution in [0.5, 0.6) is 0 Å². The highest BCUT2D eigenvalue weighted by Crippen LogP contribution is 2.21. The summed E-state index contributed by atoms with van der Waals surface area (Å²) >= 11 is 0. The molecule has 0 aliphatic heterocycles. The van der Waals surface area contributed by atoms with Crippen LogP contribution in [-0.2, 0) is 6.54 Å². The Morgan fingerprint density at radius 1 is 1.10 bits per heavy atom. The molecule has 0 fully saturated rings. The highest BCUT2D eigenvalue weighted by Gasteiger charge is 2.03. The van der Waals surface area contributed by atoms with Crippen molar-refractivity contribution in [2.24, 2.45) is 0 Å². The van der Waals surface area contributed by atoms with E-state index in [0.717, 1.165) is 28.0 Å². The number of nitrogens with zero attached hydrogens (tertiary/aromatic N) is 3. The molecule has 0 saturated heterocycles. The van der Waals surface area contributed by atoms with Crippen molar-refractivity contribution in [2.45, 2.75) is 13.5 Å². The Morgan fingerprint density at radius 2 is 2.00 bits per heavy atom. The Hall–Kier alpha value is -2.69. The molecule has 2 aromatic heterocycles. The van der Waals surface area contributed by atoms with Crippen LogP contribution in [0.1, 0.15) is 11.3 Å². The fourth-order valence-electron chi connectivity index (χ4n) is 2.00. The van der Waals surface area contributed by atoms with Crippen molar-refractivity contribution in [3.05, 3.63) is 54.1 Å². The maximum absolute atomic E-state index is 5.76. The van der Waals surface area contributed by atoms with E-state index in [1.165, 1.54) is 6.33 Å². The van der Waals surface area contributed by atoms with Crippen LogP contribution >= 0.6 is 0 Å². The first kappa shape index (κ1) is 12.3. The summed E-state index contributed by atoms with van der Waals surface area (Å²) in [6, 6.07) is 9.67. The molecule has 2 heterocycles. The minimum atomic E-state index is 0.670. The van der Waals surface area contributed by atoms with Gasteiger partial charge in [-0.15, -0.1) is 0 Å². The molecule has 3 rings (SSSR count). The third-order valence-electron chi connectivity index (χ3n) is 3.09. The van der Waals surface area contributed by atoms with E-state index in [-0.39, 0.29) is 0 Å². The van der Waals surface area contributed by atoms with E-state index in [2.05, 4.69) is 26.3 Å². The fraction of sp³-hybridized carbons (Fsp3) is 0.133.